The van der Waals surface area contributed by atoms with E-state index in [1.54, 1.807) is 31.3 Å². The second kappa shape index (κ2) is 6.08. The van der Waals surface area contributed by atoms with Crippen molar-refractivity contribution >= 4 is 26.0 Å². The number of hydrogen-bond acceptors (Lipinski definition) is 2. The van der Waals surface area contributed by atoms with Gasteiger partial charge in [0.05, 0.1) is 4.90 Å². The van der Waals surface area contributed by atoms with Crippen LogP contribution in [0, 0.1) is 6.92 Å². The average Bonchev–Trinajstić information content (AvgIpc) is 2.39. The lowest BCUT2D eigenvalue weighted by molar-refractivity contribution is 0.466. The van der Waals surface area contributed by atoms with Gasteiger partial charge in [0.25, 0.3) is 0 Å². The molecule has 0 aliphatic rings. The number of sulfonamides is 1. The molecule has 106 valence electrons. The molecule has 2 aromatic rings. The molecule has 0 saturated heterocycles. The van der Waals surface area contributed by atoms with Gasteiger partial charge in [0, 0.05) is 18.1 Å². The third-order valence-corrected chi connectivity index (χ3v) is 5.36. The number of rotatable bonds is 4. The quantitative estimate of drug-likeness (QED) is 0.842. The van der Waals surface area contributed by atoms with Gasteiger partial charge in [0.1, 0.15) is 0 Å². The molecule has 0 spiro atoms. The monoisotopic (exact) mass is 353 g/mol. The van der Waals surface area contributed by atoms with Crippen LogP contribution in [0.15, 0.2) is 57.9 Å². The minimum absolute atomic E-state index is 0.302. The maximum Gasteiger partial charge on any atom is 0.243 e. The first-order valence-corrected chi connectivity index (χ1v) is 8.40. The fraction of sp³-hybridized carbons (Fsp3) is 0.200. The molecule has 3 nitrogen and oxygen atoms in total. The number of hydrogen-bond donors (Lipinski definition) is 0. The molecule has 5 heteroatoms. The predicted octanol–water partition coefficient (Wildman–Crippen LogP) is 3.58. The molecule has 0 fully saturated rings. The maximum atomic E-state index is 12.4. The maximum absolute atomic E-state index is 12.4. The summed E-state index contributed by atoms with van der Waals surface area (Å²) in [5.41, 5.74) is 2.10. The van der Waals surface area contributed by atoms with Gasteiger partial charge in [-0.05, 0) is 36.8 Å². The lowest BCUT2D eigenvalue weighted by atomic mass is 10.1. The predicted molar refractivity (Wildman–Crippen MR) is 84.0 cm³/mol. The summed E-state index contributed by atoms with van der Waals surface area (Å²) in [4.78, 5) is 0.302. The average molecular weight is 354 g/mol. The van der Waals surface area contributed by atoms with Crippen molar-refractivity contribution in [2.45, 2.75) is 18.4 Å². The van der Waals surface area contributed by atoms with Gasteiger partial charge in [0.2, 0.25) is 10.0 Å². The van der Waals surface area contributed by atoms with E-state index in [-0.39, 0.29) is 0 Å². The summed E-state index contributed by atoms with van der Waals surface area (Å²) in [7, 11) is -1.86. The fourth-order valence-electron chi connectivity index (χ4n) is 1.94. The Morgan fingerprint density at radius 1 is 1.10 bits per heavy atom. The molecule has 2 aromatic carbocycles. The second-order valence-corrected chi connectivity index (χ2v) is 7.66. The van der Waals surface area contributed by atoms with E-state index in [9.17, 15) is 8.42 Å². The van der Waals surface area contributed by atoms with Gasteiger partial charge in [0.15, 0.2) is 0 Å². The summed E-state index contributed by atoms with van der Waals surface area (Å²) in [6.07, 6.45) is 0. The Labute approximate surface area is 128 Å². The van der Waals surface area contributed by atoms with Crippen molar-refractivity contribution in [3.63, 3.8) is 0 Å². The SMILES string of the molecule is Cc1cccc(CN(C)S(=O)(=O)c2ccc(Br)cc2)c1. The largest absolute Gasteiger partial charge is 0.243 e. The van der Waals surface area contributed by atoms with Crippen molar-refractivity contribution in [1.82, 2.24) is 4.31 Å². The van der Waals surface area contributed by atoms with E-state index in [1.807, 2.05) is 31.2 Å². The number of nitrogens with zero attached hydrogens (tertiary/aromatic N) is 1. The topological polar surface area (TPSA) is 37.4 Å². The summed E-state index contributed by atoms with van der Waals surface area (Å²) in [6.45, 7) is 2.35. The summed E-state index contributed by atoms with van der Waals surface area (Å²) < 4.78 is 27.1. The minimum Gasteiger partial charge on any atom is -0.207 e. The van der Waals surface area contributed by atoms with Crippen LogP contribution in [0.2, 0.25) is 0 Å². The van der Waals surface area contributed by atoms with E-state index in [4.69, 9.17) is 0 Å². The molecule has 0 heterocycles. The van der Waals surface area contributed by atoms with Crippen LogP contribution in [0.25, 0.3) is 0 Å². The summed E-state index contributed by atoms with van der Waals surface area (Å²) in [5, 5.41) is 0. The molecule has 0 aliphatic carbocycles. The molecule has 0 amide bonds. The Bertz CT molecular complexity index is 696. The van der Waals surface area contributed by atoms with Crippen LogP contribution in [0.5, 0.6) is 0 Å². The van der Waals surface area contributed by atoms with Crippen molar-refractivity contribution in [3.8, 4) is 0 Å². The van der Waals surface area contributed by atoms with Gasteiger partial charge < -0.3 is 0 Å². The van der Waals surface area contributed by atoms with Crippen LogP contribution in [-0.4, -0.2) is 19.8 Å². The van der Waals surface area contributed by atoms with Crippen molar-refractivity contribution in [1.29, 1.82) is 0 Å². The van der Waals surface area contributed by atoms with Crippen molar-refractivity contribution in [2.75, 3.05) is 7.05 Å². The molecule has 0 N–H and O–H groups in total. The lowest BCUT2D eigenvalue weighted by Crippen LogP contribution is -2.26. The van der Waals surface area contributed by atoms with Crippen LogP contribution in [0.4, 0.5) is 0 Å². The lowest BCUT2D eigenvalue weighted by Gasteiger charge is -2.17. The van der Waals surface area contributed by atoms with E-state index in [2.05, 4.69) is 15.9 Å². The highest BCUT2D eigenvalue weighted by atomic mass is 79.9. The molecule has 0 aliphatic heterocycles. The smallest absolute Gasteiger partial charge is 0.207 e. The van der Waals surface area contributed by atoms with E-state index in [0.29, 0.717) is 11.4 Å². The molecule has 20 heavy (non-hydrogen) atoms. The van der Waals surface area contributed by atoms with E-state index in [1.165, 1.54) is 4.31 Å². The van der Waals surface area contributed by atoms with Gasteiger partial charge in [-0.3, -0.25) is 0 Å². The van der Waals surface area contributed by atoms with Crippen LogP contribution >= 0.6 is 15.9 Å². The second-order valence-electron chi connectivity index (χ2n) is 4.70. The standard InChI is InChI=1S/C15H16BrNO2S/c1-12-4-3-5-13(10-12)11-17(2)20(18,19)15-8-6-14(16)7-9-15/h3-10H,11H2,1-2H3. The molecule has 0 radical (unpaired) electrons. The number of benzene rings is 2. The first-order valence-electron chi connectivity index (χ1n) is 6.17. The highest BCUT2D eigenvalue weighted by Gasteiger charge is 2.20. The Morgan fingerprint density at radius 2 is 1.75 bits per heavy atom. The van der Waals surface area contributed by atoms with E-state index in [0.717, 1.165) is 15.6 Å². The summed E-state index contributed by atoms with van der Waals surface area (Å²) in [6, 6.07) is 14.5. The van der Waals surface area contributed by atoms with E-state index >= 15 is 0 Å². The van der Waals surface area contributed by atoms with Crippen molar-refractivity contribution in [2.24, 2.45) is 0 Å². The van der Waals surface area contributed by atoms with Gasteiger partial charge in [-0.2, -0.15) is 4.31 Å². The van der Waals surface area contributed by atoms with Crippen LogP contribution in [-0.2, 0) is 16.6 Å². The fourth-order valence-corrected chi connectivity index (χ4v) is 3.36. The summed E-state index contributed by atoms with van der Waals surface area (Å²) in [5.74, 6) is 0. The highest BCUT2D eigenvalue weighted by Crippen LogP contribution is 2.19. The molecule has 2 rings (SSSR count). The minimum atomic E-state index is -3.45. The first-order chi connectivity index (χ1) is 9.39. The molecular formula is C15H16BrNO2S. The molecule has 0 atom stereocenters. The van der Waals surface area contributed by atoms with E-state index < -0.39 is 10.0 Å². The zero-order chi connectivity index (χ0) is 14.8. The first kappa shape index (κ1) is 15.2. The van der Waals surface area contributed by atoms with Crippen LogP contribution in [0.1, 0.15) is 11.1 Å². The van der Waals surface area contributed by atoms with Crippen LogP contribution in [0.3, 0.4) is 0 Å². The number of halogens is 1. The Kier molecular flexibility index (Phi) is 4.62. The molecular weight excluding hydrogens is 338 g/mol. The van der Waals surface area contributed by atoms with Gasteiger partial charge in [-0.1, -0.05) is 45.8 Å². The number of aryl methyl sites for hydroxylation is 1. The zero-order valence-electron chi connectivity index (χ0n) is 11.4. The zero-order valence-corrected chi connectivity index (χ0v) is 13.8. The molecule has 0 aromatic heterocycles. The van der Waals surface area contributed by atoms with Gasteiger partial charge >= 0.3 is 0 Å². The molecule has 0 saturated carbocycles. The molecule has 0 unspecified atom stereocenters. The molecule has 0 bridgehead atoms. The highest BCUT2D eigenvalue weighted by molar-refractivity contribution is 9.10. The summed E-state index contributed by atoms with van der Waals surface area (Å²) >= 11 is 3.30. The van der Waals surface area contributed by atoms with Gasteiger partial charge in [-0.15, -0.1) is 0 Å². The third-order valence-electron chi connectivity index (χ3n) is 3.01. The Morgan fingerprint density at radius 3 is 2.35 bits per heavy atom. The third kappa shape index (κ3) is 3.48. The van der Waals surface area contributed by atoms with Crippen molar-refractivity contribution in [3.05, 3.63) is 64.1 Å². The Balaban J connectivity index is 2.23. The normalized spacial score (nSPS) is 11.8. The van der Waals surface area contributed by atoms with Crippen LogP contribution < -0.4 is 0 Å². The van der Waals surface area contributed by atoms with Gasteiger partial charge in [-0.25, -0.2) is 8.42 Å². The van der Waals surface area contributed by atoms with Crippen molar-refractivity contribution < 1.29 is 8.42 Å². The Hall–Kier alpha value is -1.17.